The molecule has 2 rings (SSSR count). The summed E-state index contributed by atoms with van der Waals surface area (Å²) in [6, 6.07) is 5.41. The number of aromatic nitrogens is 1. The molecule has 1 unspecified atom stereocenters. The zero-order valence-corrected chi connectivity index (χ0v) is 9.24. The monoisotopic (exact) mass is 222 g/mol. The molecule has 0 amide bonds. The van der Waals surface area contributed by atoms with Gasteiger partial charge in [0, 0.05) is 13.7 Å². The maximum absolute atomic E-state index is 11.0. The minimum atomic E-state index is -0.565. The lowest BCUT2D eigenvalue weighted by atomic mass is 9.96. The number of oxazole rings is 1. The number of H-pyrrole nitrogens is 1. The summed E-state index contributed by atoms with van der Waals surface area (Å²) in [7, 11) is 1.60. The highest BCUT2D eigenvalue weighted by molar-refractivity contribution is 5.73. The number of aromatic amines is 1. The lowest BCUT2D eigenvalue weighted by molar-refractivity contribution is 0.0101. The fourth-order valence-electron chi connectivity index (χ4n) is 1.59. The van der Waals surface area contributed by atoms with Gasteiger partial charge >= 0.3 is 5.76 Å². The van der Waals surface area contributed by atoms with E-state index in [1.807, 2.05) is 13.0 Å². The van der Waals surface area contributed by atoms with E-state index in [4.69, 9.17) is 14.9 Å². The highest BCUT2D eigenvalue weighted by Crippen LogP contribution is 2.25. The van der Waals surface area contributed by atoms with Crippen molar-refractivity contribution in [1.29, 1.82) is 0 Å². The molecular formula is C11H14N2O3. The third-order valence-corrected chi connectivity index (χ3v) is 2.87. The van der Waals surface area contributed by atoms with Crippen molar-refractivity contribution in [3.05, 3.63) is 34.3 Å². The Bertz CT molecular complexity index is 552. The Morgan fingerprint density at radius 1 is 1.56 bits per heavy atom. The predicted molar refractivity (Wildman–Crippen MR) is 60.3 cm³/mol. The van der Waals surface area contributed by atoms with E-state index in [1.165, 1.54) is 0 Å². The highest BCUT2D eigenvalue weighted by Gasteiger charge is 2.24. The van der Waals surface area contributed by atoms with E-state index in [0.29, 0.717) is 17.6 Å². The summed E-state index contributed by atoms with van der Waals surface area (Å²) < 4.78 is 10.4. The number of nitrogens with two attached hydrogens (primary N) is 1. The largest absolute Gasteiger partial charge is 0.417 e. The zero-order chi connectivity index (χ0) is 11.8. The average molecular weight is 222 g/mol. The molecule has 0 aliphatic heterocycles. The fraction of sp³-hybridized carbons (Fsp3) is 0.364. The minimum absolute atomic E-state index is 0.351. The number of fused-ring (bicyclic) bond motifs is 1. The van der Waals surface area contributed by atoms with Gasteiger partial charge in [0.05, 0.1) is 5.52 Å². The van der Waals surface area contributed by atoms with Gasteiger partial charge in [-0.05, 0) is 24.6 Å². The first-order valence-electron chi connectivity index (χ1n) is 4.97. The number of benzene rings is 1. The van der Waals surface area contributed by atoms with Gasteiger partial charge in [0.25, 0.3) is 0 Å². The van der Waals surface area contributed by atoms with Crippen molar-refractivity contribution in [1.82, 2.24) is 4.98 Å². The Morgan fingerprint density at radius 3 is 2.94 bits per heavy atom. The molecule has 1 atom stereocenters. The molecule has 1 aromatic heterocycles. The molecule has 3 N–H and O–H groups in total. The lowest BCUT2D eigenvalue weighted by Gasteiger charge is -2.26. The molecule has 0 spiro atoms. The van der Waals surface area contributed by atoms with E-state index in [1.54, 1.807) is 19.2 Å². The number of hydrogen-bond donors (Lipinski definition) is 2. The molecule has 16 heavy (non-hydrogen) atoms. The molecule has 0 saturated carbocycles. The van der Waals surface area contributed by atoms with E-state index >= 15 is 0 Å². The molecule has 0 aliphatic carbocycles. The summed E-state index contributed by atoms with van der Waals surface area (Å²) in [6.45, 7) is 2.24. The summed E-state index contributed by atoms with van der Waals surface area (Å²) in [5, 5.41) is 0. The highest BCUT2D eigenvalue weighted by atomic mass is 16.5. The van der Waals surface area contributed by atoms with Crippen LogP contribution in [0.1, 0.15) is 12.5 Å². The first-order valence-corrected chi connectivity index (χ1v) is 4.97. The van der Waals surface area contributed by atoms with Crippen LogP contribution in [0.2, 0.25) is 0 Å². The Morgan fingerprint density at radius 2 is 2.31 bits per heavy atom. The van der Waals surface area contributed by atoms with Gasteiger partial charge in [-0.1, -0.05) is 6.07 Å². The summed E-state index contributed by atoms with van der Waals surface area (Å²) >= 11 is 0. The summed E-state index contributed by atoms with van der Waals surface area (Å²) in [4.78, 5) is 13.6. The Kier molecular flexibility index (Phi) is 2.57. The molecule has 5 heteroatoms. The van der Waals surface area contributed by atoms with Crippen LogP contribution in [-0.2, 0) is 10.3 Å². The van der Waals surface area contributed by atoms with Crippen LogP contribution in [0, 0.1) is 0 Å². The van der Waals surface area contributed by atoms with Gasteiger partial charge in [-0.2, -0.15) is 0 Å². The van der Waals surface area contributed by atoms with E-state index in [-0.39, 0.29) is 0 Å². The van der Waals surface area contributed by atoms with E-state index in [2.05, 4.69) is 4.98 Å². The molecule has 0 radical (unpaired) electrons. The first-order chi connectivity index (χ1) is 7.59. The molecule has 1 heterocycles. The predicted octanol–water partition coefficient (Wildman–Crippen LogP) is 0.941. The standard InChI is InChI=1S/C11H14N2O3/c1-11(6-12,15-2)7-3-4-8-9(5-7)16-10(14)13-8/h3-5H,6,12H2,1-2H3,(H,13,14). The molecule has 5 nitrogen and oxygen atoms in total. The van der Waals surface area contributed by atoms with E-state index < -0.39 is 11.4 Å². The van der Waals surface area contributed by atoms with Gasteiger partial charge < -0.3 is 14.9 Å². The van der Waals surface area contributed by atoms with Crippen molar-refractivity contribution in [3.8, 4) is 0 Å². The van der Waals surface area contributed by atoms with Crippen LogP contribution < -0.4 is 11.5 Å². The van der Waals surface area contributed by atoms with Crippen LogP contribution in [0.5, 0.6) is 0 Å². The van der Waals surface area contributed by atoms with Gasteiger partial charge in [-0.15, -0.1) is 0 Å². The lowest BCUT2D eigenvalue weighted by Crippen LogP contribution is -2.33. The number of hydrogen-bond acceptors (Lipinski definition) is 4. The van der Waals surface area contributed by atoms with Gasteiger partial charge in [0.2, 0.25) is 0 Å². The molecule has 1 aromatic carbocycles. The van der Waals surface area contributed by atoms with Crippen molar-refractivity contribution in [3.63, 3.8) is 0 Å². The van der Waals surface area contributed by atoms with Crippen molar-refractivity contribution in [2.45, 2.75) is 12.5 Å². The van der Waals surface area contributed by atoms with E-state index in [9.17, 15) is 4.79 Å². The number of rotatable bonds is 3. The topological polar surface area (TPSA) is 81.2 Å². The third kappa shape index (κ3) is 1.64. The number of methoxy groups -OCH3 is 1. The first kappa shape index (κ1) is 10.9. The quantitative estimate of drug-likeness (QED) is 0.809. The van der Waals surface area contributed by atoms with Gasteiger partial charge in [-0.3, -0.25) is 4.98 Å². The molecule has 0 fully saturated rings. The second kappa shape index (κ2) is 3.77. The third-order valence-electron chi connectivity index (χ3n) is 2.87. The SMILES string of the molecule is COC(C)(CN)c1ccc2[nH]c(=O)oc2c1. The smallest absolute Gasteiger partial charge is 0.408 e. The Labute approximate surface area is 92.2 Å². The maximum atomic E-state index is 11.0. The maximum Gasteiger partial charge on any atom is 0.417 e. The van der Waals surface area contributed by atoms with Crippen LogP contribution in [0.3, 0.4) is 0 Å². The molecular weight excluding hydrogens is 208 g/mol. The zero-order valence-electron chi connectivity index (χ0n) is 9.24. The molecule has 0 saturated heterocycles. The van der Waals surface area contributed by atoms with Crippen molar-refractivity contribution in [2.75, 3.05) is 13.7 Å². The Balaban J connectivity index is 2.57. The van der Waals surface area contributed by atoms with Crippen molar-refractivity contribution >= 4 is 11.1 Å². The molecule has 0 bridgehead atoms. The van der Waals surface area contributed by atoms with Crippen LogP contribution in [0.15, 0.2) is 27.4 Å². The fourth-order valence-corrected chi connectivity index (χ4v) is 1.59. The van der Waals surface area contributed by atoms with Crippen LogP contribution in [0.25, 0.3) is 11.1 Å². The van der Waals surface area contributed by atoms with E-state index in [0.717, 1.165) is 5.56 Å². The van der Waals surface area contributed by atoms with Crippen LogP contribution in [0.4, 0.5) is 0 Å². The molecule has 2 aromatic rings. The second-order valence-electron chi connectivity index (χ2n) is 3.86. The van der Waals surface area contributed by atoms with Crippen molar-refractivity contribution < 1.29 is 9.15 Å². The summed E-state index contributed by atoms with van der Waals surface area (Å²) in [6.07, 6.45) is 0. The second-order valence-corrected chi connectivity index (χ2v) is 3.86. The number of ether oxygens (including phenoxy) is 1. The summed E-state index contributed by atoms with van der Waals surface area (Å²) in [5.74, 6) is -0.459. The van der Waals surface area contributed by atoms with Crippen LogP contribution in [-0.4, -0.2) is 18.6 Å². The van der Waals surface area contributed by atoms with Crippen LogP contribution >= 0.6 is 0 Å². The summed E-state index contributed by atoms with van der Waals surface area (Å²) in [5.41, 5.74) is 7.17. The van der Waals surface area contributed by atoms with Gasteiger partial charge in [-0.25, -0.2) is 4.79 Å². The normalized spacial score (nSPS) is 15.2. The Hall–Kier alpha value is -1.59. The van der Waals surface area contributed by atoms with Gasteiger partial charge in [0.15, 0.2) is 5.58 Å². The minimum Gasteiger partial charge on any atom is -0.408 e. The van der Waals surface area contributed by atoms with Gasteiger partial charge in [0.1, 0.15) is 5.60 Å². The molecule has 0 aliphatic rings. The average Bonchev–Trinajstić information content (AvgIpc) is 2.67. The van der Waals surface area contributed by atoms with Crippen molar-refractivity contribution in [2.24, 2.45) is 5.73 Å². The number of nitrogens with one attached hydrogen (secondary N) is 1. The molecule has 86 valence electrons.